The number of azo groups is 1. The van der Waals surface area contributed by atoms with Crippen LogP contribution in [0.4, 0.5) is 17.1 Å². The fourth-order valence-corrected chi connectivity index (χ4v) is 2.28. The monoisotopic (exact) mass is 353 g/mol. The predicted octanol–water partition coefficient (Wildman–Crippen LogP) is 3.55. The fraction of sp³-hybridized carbons (Fsp3) is 0.176. The van der Waals surface area contributed by atoms with Crippen molar-refractivity contribution in [3.63, 3.8) is 0 Å². The Morgan fingerprint density at radius 2 is 2.12 bits per heavy atom. The first-order valence-electron chi connectivity index (χ1n) is 7.46. The SMILES string of the molecule is C=CCn1c(O)c(C#N)c(C)c(N=Nc2cc([N+](=O)[O-])ccc2C)c1=O. The van der Waals surface area contributed by atoms with Crippen molar-refractivity contribution in [1.82, 2.24) is 4.57 Å². The van der Waals surface area contributed by atoms with Gasteiger partial charge in [0.25, 0.3) is 11.2 Å². The Kier molecular flexibility index (Phi) is 5.27. The normalized spacial score (nSPS) is 10.7. The Bertz CT molecular complexity index is 1030. The number of hydrogen-bond donors (Lipinski definition) is 1. The maximum atomic E-state index is 12.5. The van der Waals surface area contributed by atoms with E-state index in [0.29, 0.717) is 5.56 Å². The van der Waals surface area contributed by atoms with E-state index < -0.39 is 16.4 Å². The highest BCUT2D eigenvalue weighted by Gasteiger charge is 2.18. The van der Waals surface area contributed by atoms with Crippen molar-refractivity contribution in [2.45, 2.75) is 20.4 Å². The average Bonchev–Trinajstić information content (AvgIpc) is 2.60. The number of aromatic nitrogens is 1. The molecule has 0 amide bonds. The van der Waals surface area contributed by atoms with Crippen LogP contribution in [-0.2, 0) is 6.54 Å². The van der Waals surface area contributed by atoms with E-state index in [-0.39, 0.29) is 34.7 Å². The second kappa shape index (κ2) is 7.40. The Morgan fingerprint density at radius 3 is 2.69 bits per heavy atom. The number of rotatable bonds is 5. The molecule has 0 unspecified atom stereocenters. The number of hydrogen-bond acceptors (Lipinski definition) is 7. The van der Waals surface area contributed by atoms with Crippen molar-refractivity contribution in [3.8, 4) is 11.9 Å². The number of pyridine rings is 1. The number of nitrogens with zero attached hydrogens (tertiary/aromatic N) is 5. The predicted molar refractivity (Wildman–Crippen MR) is 94.0 cm³/mol. The van der Waals surface area contributed by atoms with Gasteiger partial charge in [-0.25, -0.2) is 0 Å². The second-order valence-electron chi connectivity index (χ2n) is 5.42. The van der Waals surface area contributed by atoms with E-state index in [1.165, 1.54) is 31.2 Å². The summed E-state index contributed by atoms with van der Waals surface area (Å²) in [6.45, 7) is 6.65. The lowest BCUT2D eigenvalue weighted by molar-refractivity contribution is -0.384. The number of aryl methyl sites for hydroxylation is 1. The van der Waals surface area contributed by atoms with Crippen LogP contribution in [0.25, 0.3) is 0 Å². The van der Waals surface area contributed by atoms with Gasteiger partial charge in [-0.3, -0.25) is 19.5 Å². The van der Waals surface area contributed by atoms with Gasteiger partial charge in [-0.15, -0.1) is 16.8 Å². The molecular weight excluding hydrogens is 338 g/mol. The van der Waals surface area contributed by atoms with Crippen molar-refractivity contribution in [2.75, 3.05) is 0 Å². The molecule has 0 aliphatic heterocycles. The molecule has 26 heavy (non-hydrogen) atoms. The fourth-order valence-electron chi connectivity index (χ4n) is 2.28. The molecule has 9 nitrogen and oxygen atoms in total. The highest BCUT2D eigenvalue weighted by Crippen LogP contribution is 2.29. The lowest BCUT2D eigenvalue weighted by Crippen LogP contribution is -2.21. The van der Waals surface area contributed by atoms with Gasteiger partial charge in [0, 0.05) is 24.2 Å². The number of nitro benzene ring substituents is 1. The number of non-ortho nitro benzene ring substituents is 1. The van der Waals surface area contributed by atoms with Gasteiger partial charge in [-0.05, 0) is 19.4 Å². The first-order chi connectivity index (χ1) is 12.3. The summed E-state index contributed by atoms with van der Waals surface area (Å²) in [6.07, 6.45) is 1.39. The van der Waals surface area contributed by atoms with E-state index >= 15 is 0 Å². The summed E-state index contributed by atoms with van der Waals surface area (Å²) in [7, 11) is 0. The molecule has 0 aliphatic rings. The van der Waals surface area contributed by atoms with E-state index in [2.05, 4.69) is 16.8 Å². The van der Waals surface area contributed by atoms with Crippen LogP contribution < -0.4 is 5.56 Å². The van der Waals surface area contributed by atoms with Gasteiger partial charge in [-0.1, -0.05) is 12.1 Å². The molecule has 0 bridgehead atoms. The average molecular weight is 353 g/mol. The van der Waals surface area contributed by atoms with E-state index in [0.717, 1.165) is 4.57 Å². The second-order valence-corrected chi connectivity index (χ2v) is 5.42. The molecule has 0 saturated carbocycles. The maximum Gasteiger partial charge on any atom is 0.281 e. The van der Waals surface area contributed by atoms with E-state index in [4.69, 9.17) is 0 Å². The van der Waals surface area contributed by atoms with Gasteiger partial charge in [0.2, 0.25) is 5.88 Å². The Morgan fingerprint density at radius 1 is 1.42 bits per heavy atom. The highest BCUT2D eigenvalue weighted by molar-refractivity contribution is 5.57. The van der Waals surface area contributed by atoms with Crippen molar-refractivity contribution in [3.05, 3.63) is 68.0 Å². The summed E-state index contributed by atoms with van der Waals surface area (Å²) in [4.78, 5) is 22.9. The van der Waals surface area contributed by atoms with Gasteiger partial charge in [-0.2, -0.15) is 5.26 Å². The topological polar surface area (TPSA) is 134 Å². The minimum Gasteiger partial charge on any atom is -0.493 e. The quantitative estimate of drug-likeness (QED) is 0.379. The molecule has 1 heterocycles. The molecule has 132 valence electrons. The third kappa shape index (κ3) is 3.34. The lowest BCUT2D eigenvalue weighted by Gasteiger charge is -2.11. The number of aromatic hydroxyl groups is 1. The molecular formula is C17H15N5O4. The third-order valence-electron chi connectivity index (χ3n) is 3.74. The standard InChI is InChI=1S/C17H15N5O4/c1-4-7-21-16(23)13(9-18)11(3)15(17(21)24)20-19-14-8-12(22(25)26)6-5-10(14)2/h4-6,8,23H,1,7H2,2-3H3. The first kappa shape index (κ1) is 18.5. The minimum atomic E-state index is -0.647. The van der Waals surface area contributed by atoms with Gasteiger partial charge in [0.1, 0.15) is 11.6 Å². The molecule has 2 rings (SSSR count). The molecule has 1 N–H and O–H groups in total. The number of allylic oxidation sites excluding steroid dienone is 1. The third-order valence-corrected chi connectivity index (χ3v) is 3.74. The summed E-state index contributed by atoms with van der Waals surface area (Å²) in [5.41, 5.74) is -0.0209. The Hall–Kier alpha value is -3.80. The van der Waals surface area contributed by atoms with Crippen LogP contribution in [0.1, 0.15) is 16.7 Å². The van der Waals surface area contributed by atoms with Crippen LogP contribution in [0, 0.1) is 35.3 Å². The largest absolute Gasteiger partial charge is 0.493 e. The molecule has 1 aromatic heterocycles. The van der Waals surface area contributed by atoms with Crippen LogP contribution in [0.2, 0.25) is 0 Å². The van der Waals surface area contributed by atoms with Crippen molar-refractivity contribution < 1.29 is 10.0 Å². The van der Waals surface area contributed by atoms with E-state index in [9.17, 15) is 25.3 Å². The summed E-state index contributed by atoms with van der Waals surface area (Å²) < 4.78 is 0.952. The first-order valence-corrected chi connectivity index (χ1v) is 7.46. The molecule has 0 spiro atoms. The van der Waals surface area contributed by atoms with Crippen LogP contribution in [0.15, 0.2) is 45.9 Å². The Labute approximate surface area is 148 Å². The van der Waals surface area contributed by atoms with Crippen LogP contribution in [0.5, 0.6) is 5.88 Å². The molecule has 1 aromatic carbocycles. The summed E-state index contributed by atoms with van der Waals surface area (Å²) >= 11 is 0. The molecule has 0 atom stereocenters. The summed E-state index contributed by atoms with van der Waals surface area (Å²) in [5, 5.41) is 38.0. The molecule has 2 aromatic rings. The number of benzene rings is 1. The zero-order valence-electron chi connectivity index (χ0n) is 14.1. The van der Waals surface area contributed by atoms with Crippen molar-refractivity contribution >= 4 is 17.1 Å². The van der Waals surface area contributed by atoms with Crippen LogP contribution in [-0.4, -0.2) is 14.6 Å². The zero-order chi connectivity index (χ0) is 19.4. The Balaban J connectivity index is 2.65. The molecule has 0 fully saturated rings. The zero-order valence-corrected chi connectivity index (χ0v) is 14.1. The minimum absolute atomic E-state index is 0.0159. The molecule has 0 saturated heterocycles. The van der Waals surface area contributed by atoms with Crippen LogP contribution >= 0.6 is 0 Å². The molecule has 0 aliphatic carbocycles. The summed E-state index contributed by atoms with van der Waals surface area (Å²) in [5.74, 6) is -0.472. The van der Waals surface area contributed by atoms with Gasteiger partial charge in [0.05, 0.1) is 10.6 Å². The van der Waals surface area contributed by atoms with Crippen LogP contribution in [0.3, 0.4) is 0 Å². The maximum absolute atomic E-state index is 12.5. The molecule has 0 radical (unpaired) electrons. The summed E-state index contributed by atoms with van der Waals surface area (Å²) in [6, 6.07) is 5.93. The van der Waals surface area contributed by atoms with E-state index in [1.807, 2.05) is 6.07 Å². The smallest absolute Gasteiger partial charge is 0.281 e. The number of nitriles is 1. The highest BCUT2D eigenvalue weighted by atomic mass is 16.6. The van der Waals surface area contributed by atoms with Gasteiger partial charge in [0.15, 0.2) is 5.69 Å². The van der Waals surface area contributed by atoms with E-state index in [1.54, 1.807) is 6.92 Å². The van der Waals surface area contributed by atoms with Crippen molar-refractivity contribution in [1.29, 1.82) is 5.26 Å². The number of nitro groups is 1. The van der Waals surface area contributed by atoms with Gasteiger partial charge >= 0.3 is 0 Å². The van der Waals surface area contributed by atoms with Gasteiger partial charge < -0.3 is 5.11 Å². The van der Waals surface area contributed by atoms with Crippen molar-refractivity contribution in [2.24, 2.45) is 10.2 Å². The lowest BCUT2D eigenvalue weighted by atomic mass is 10.1. The molecule has 9 heteroatoms.